The lowest BCUT2D eigenvalue weighted by atomic mass is 10.0. The third-order valence-electron chi connectivity index (χ3n) is 2.95. The van der Waals surface area contributed by atoms with Crippen molar-refractivity contribution >= 4 is 50.6 Å². The summed E-state index contributed by atoms with van der Waals surface area (Å²) >= 11 is 13.5. The van der Waals surface area contributed by atoms with Crippen LogP contribution in [0.3, 0.4) is 0 Å². The second kappa shape index (κ2) is 5.42. The fourth-order valence-corrected chi connectivity index (χ4v) is 3.28. The van der Waals surface area contributed by atoms with Crippen molar-refractivity contribution < 1.29 is 0 Å². The first-order chi connectivity index (χ1) is 8.24. The predicted molar refractivity (Wildman–Crippen MR) is 77.7 cm³/mol. The average molecular weight is 289 g/mol. The normalized spacial score (nSPS) is 11.9. The number of rotatable bonds is 5. The lowest BCUT2D eigenvalue weighted by molar-refractivity contribution is 0.562. The molecule has 0 aliphatic carbocycles. The number of fused-ring (bicyclic) bond motifs is 1. The van der Waals surface area contributed by atoms with E-state index in [-0.39, 0.29) is 5.54 Å². The first kappa shape index (κ1) is 12.9. The quantitative estimate of drug-likeness (QED) is 0.828. The molecule has 0 spiro atoms. The Bertz CT molecular complexity index is 486. The van der Waals surface area contributed by atoms with Crippen molar-refractivity contribution in [2.45, 2.75) is 18.9 Å². The number of aromatic nitrogens is 1. The highest BCUT2D eigenvalue weighted by atomic mass is 35.5. The van der Waals surface area contributed by atoms with Gasteiger partial charge in [-0.3, -0.25) is 0 Å². The van der Waals surface area contributed by atoms with Crippen LogP contribution in [0.2, 0.25) is 0 Å². The van der Waals surface area contributed by atoms with E-state index in [2.05, 4.69) is 22.7 Å². The summed E-state index contributed by atoms with van der Waals surface area (Å²) in [6.45, 7) is 2.08. The summed E-state index contributed by atoms with van der Waals surface area (Å²) in [5, 5.41) is 5.63. The lowest BCUT2D eigenvalue weighted by Crippen LogP contribution is -2.41. The van der Waals surface area contributed by atoms with Gasteiger partial charge >= 0.3 is 0 Å². The minimum absolute atomic E-state index is 0.252. The summed E-state index contributed by atoms with van der Waals surface area (Å²) in [5.74, 6) is 0.971. The summed E-state index contributed by atoms with van der Waals surface area (Å²) in [6.07, 6.45) is 0.881. The molecule has 2 aromatic rings. The fourth-order valence-electron chi connectivity index (χ4n) is 1.60. The van der Waals surface area contributed by atoms with Gasteiger partial charge in [-0.05, 0) is 30.1 Å². The maximum atomic E-state index is 6.03. The summed E-state index contributed by atoms with van der Waals surface area (Å²) < 4.78 is 4.40. The number of halogens is 2. The molecule has 5 heteroatoms. The van der Waals surface area contributed by atoms with Crippen LogP contribution in [0.5, 0.6) is 0 Å². The van der Waals surface area contributed by atoms with E-state index in [1.54, 1.807) is 0 Å². The third-order valence-corrected chi connectivity index (χ3v) is 4.77. The fraction of sp³-hybridized carbons (Fsp3) is 0.417. The van der Waals surface area contributed by atoms with E-state index in [1.807, 2.05) is 18.2 Å². The topological polar surface area (TPSA) is 24.9 Å². The van der Waals surface area contributed by atoms with Crippen molar-refractivity contribution in [1.29, 1.82) is 0 Å². The van der Waals surface area contributed by atoms with E-state index >= 15 is 0 Å². The average Bonchev–Trinajstić information content (AvgIpc) is 2.79. The van der Waals surface area contributed by atoms with Crippen molar-refractivity contribution in [1.82, 2.24) is 4.37 Å². The molecule has 0 bridgehead atoms. The lowest BCUT2D eigenvalue weighted by Gasteiger charge is -2.29. The van der Waals surface area contributed by atoms with Gasteiger partial charge in [-0.25, -0.2) is 0 Å². The summed E-state index contributed by atoms with van der Waals surface area (Å²) in [7, 11) is 0. The molecule has 1 aromatic carbocycles. The van der Waals surface area contributed by atoms with E-state index in [9.17, 15) is 0 Å². The van der Waals surface area contributed by atoms with Gasteiger partial charge < -0.3 is 5.32 Å². The van der Waals surface area contributed by atoms with Gasteiger partial charge in [0.1, 0.15) is 5.00 Å². The van der Waals surface area contributed by atoms with E-state index in [0.29, 0.717) is 11.8 Å². The number of anilines is 1. The van der Waals surface area contributed by atoms with E-state index in [0.717, 1.165) is 22.3 Å². The monoisotopic (exact) mass is 288 g/mol. The molecule has 0 atom stereocenters. The standard InChI is InChI=1S/C12H14Cl2N2S/c1-2-12(7-13,8-14)15-11-9-5-3-4-6-10(9)16-17-11/h3-6,15H,2,7-8H2,1H3. The summed E-state index contributed by atoms with van der Waals surface area (Å²) in [4.78, 5) is 0. The number of alkyl halides is 2. The SMILES string of the molecule is CCC(CCl)(CCl)Nc1snc2ccccc12. The number of benzene rings is 1. The maximum absolute atomic E-state index is 6.03. The molecule has 1 N–H and O–H groups in total. The van der Waals surface area contributed by atoms with E-state index < -0.39 is 0 Å². The highest BCUT2D eigenvalue weighted by Crippen LogP contribution is 2.31. The zero-order valence-electron chi connectivity index (χ0n) is 9.54. The molecular formula is C12H14Cl2N2S. The minimum atomic E-state index is -0.252. The molecule has 0 amide bonds. The first-order valence-electron chi connectivity index (χ1n) is 5.49. The van der Waals surface area contributed by atoms with Crippen LogP contribution >= 0.6 is 34.7 Å². The molecule has 92 valence electrons. The van der Waals surface area contributed by atoms with Crippen LogP contribution in [0.25, 0.3) is 10.9 Å². The molecule has 1 heterocycles. The number of hydrogen-bond donors (Lipinski definition) is 1. The van der Waals surface area contributed by atoms with Gasteiger partial charge in [0.25, 0.3) is 0 Å². The largest absolute Gasteiger partial charge is 0.367 e. The van der Waals surface area contributed by atoms with Crippen LogP contribution in [-0.4, -0.2) is 21.7 Å². The van der Waals surface area contributed by atoms with Crippen molar-refractivity contribution in [3.63, 3.8) is 0 Å². The van der Waals surface area contributed by atoms with Crippen LogP contribution in [0.4, 0.5) is 5.00 Å². The zero-order chi connectivity index (χ0) is 12.3. The van der Waals surface area contributed by atoms with Gasteiger partial charge in [0.2, 0.25) is 0 Å². The molecule has 2 nitrogen and oxygen atoms in total. The van der Waals surface area contributed by atoms with Crippen LogP contribution in [0, 0.1) is 0 Å². The maximum Gasteiger partial charge on any atom is 0.117 e. The first-order valence-corrected chi connectivity index (χ1v) is 7.33. The Balaban J connectivity index is 2.34. The molecule has 0 radical (unpaired) electrons. The highest BCUT2D eigenvalue weighted by Gasteiger charge is 2.27. The minimum Gasteiger partial charge on any atom is -0.367 e. The van der Waals surface area contributed by atoms with Gasteiger partial charge in [0, 0.05) is 17.1 Å². The zero-order valence-corrected chi connectivity index (χ0v) is 11.9. The van der Waals surface area contributed by atoms with Crippen molar-refractivity contribution in [3.8, 4) is 0 Å². The molecule has 17 heavy (non-hydrogen) atoms. The Morgan fingerprint density at radius 2 is 2.00 bits per heavy atom. The van der Waals surface area contributed by atoms with Crippen LogP contribution < -0.4 is 5.32 Å². The van der Waals surface area contributed by atoms with Gasteiger partial charge in [-0.1, -0.05) is 19.1 Å². The third kappa shape index (κ3) is 2.51. The molecular weight excluding hydrogens is 275 g/mol. The molecule has 0 saturated heterocycles. The molecule has 0 aliphatic heterocycles. The van der Waals surface area contributed by atoms with Crippen LogP contribution in [0.1, 0.15) is 13.3 Å². The summed E-state index contributed by atoms with van der Waals surface area (Å²) in [6, 6.07) is 8.06. The van der Waals surface area contributed by atoms with Gasteiger partial charge in [0.15, 0.2) is 0 Å². The number of nitrogens with zero attached hydrogens (tertiary/aromatic N) is 1. The molecule has 0 aliphatic rings. The van der Waals surface area contributed by atoms with Crippen molar-refractivity contribution in [2.24, 2.45) is 0 Å². The Labute approximate surface area is 115 Å². The molecule has 0 saturated carbocycles. The predicted octanol–water partition coefficient (Wildman–Crippen LogP) is 4.33. The van der Waals surface area contributed by atoms with Crippen LogP contribution in [-0.2, 0) is 0 Å². The van der Waals surface area contributed by atoms with Crippen molar-refractivity contribution in [2.75, 3.05) is 17.1 Å². The van der Waals surface area contributed by atoms with Gasteiger partial charge in [-0.2, -0.15) is 4.37 Å². The van der Waals surface area contributed by atoms with E-state index in [4.69, 9.17) is 23.2 Å². The Hall–Kier alpha value is -0.510. The van der Waals surface area contributed by atoms with E-state index in [1.165, 1.54) is 11.5 Å². The van der Waals surface area contributed by atoms with Crippen LogP contribution in [0.15, 0.2) is 24.3 Å². The molecule has 0 fully saturated rings. The Morgan fingerprint density at radius 1 is 1.29 bits per heavy atom. The Kier molecular flexibility index (Phi) is 4.13. The summed E-state index contributed by atoms with van der Waals surface area (Å²) in [5.41, 5.74) is 0.757. The smallest absolute Gasteiger partial charge is 0.117 e. The Morgan fingerprint density at radius 3 is 2.65 bits per heavy atom. The van der Waals surface area contributed by atoms with Crippen molar-refractivity contribution in [3.05, 3.63) is 24.3 Å². The molecule has 1 aromatic heterocycles. The number of nitrogens with one attached hydrogen (secondary N) is 1. The highest BCUT2D eigenvalue weighted by molar-refractivity contribution is 7.11. The second-order valence-corrected chi connectivity index (χ2v) is 5.36. The second-order valence-electron chi connectivity index (χ2n) is 4.05. The van der Waals surface area contributed by atoms with Gasteiger partial charge in [0.05, 0.1) is 11.1 Å². The molecule has 2 rings (SSSR count). The number of hydrogen-bond acceptors (Lipinski definition) is 3. The molecule has 0 unspecified atom stereocenters. The van der Waals surface area contributed by atoms with Gasteiger partial charge in [-0.15, -0.1) is 23.2 Å².